The van der Waals surface area contributed by atoms with Gasteiger partial charge >= 0.3 is 7.12 Å². The Morgan fingerprint density at radius 1 is 0.947 bits per heavy atom. The van der Waals surface area contributed by atoms with Crippen molar-refractivity contribution in [3.05, 3.63) is 53.6 Å². The van der Waals surface area contributed by atoms with Crippen molar-refractivity contribution < 1.29 is 23.6 Å². The lowest BCUT2D eigenvalue weighted by molar-refractivity contribution is 0.422. The minimum atomic E-state index is -1.87. The van der Waals surface area contributed by atoms with Gasteiger partial charge in [0.2, 0.25) is 0 Å². The molecule has 2 rings (SSSR count). The van der Waals surface area contributed by atoms with Crippen LogP contribution in [0.15, 0.2) is 36.4 Å². The molecule has 0 aliphatic heterocycles. The molecular weight excluding hydrogens is 253 g/mol. The zero-order chi connectivity index (χ0) is 14.0. The molecule has 0 saturated carbocycles. The predicted molar refractivity (Wildman–Crippen MR) is 67.4 cm³/mol. The molecule has 0 aromatic heterocycles. The van der Waals surface area contributed by atoms with Gasteiger partial charge in [-0.1, -0.05) is 6.07 Å². The van der Waals surface area contributed by atoms with E-state index in [-0.39, 0.29) is 17.0 Å². The summed E-state index contributed by atoms with van der Waals surface area (Å²) >= 11 is 0. The highest BCUT2D eigenvalue weighted by molar-refractivity contribution is 6.58. The Hall–Kier alpha value is -1.92. The van der Waals surface area contributed by atoms with Crippen molar-refractivity contribution in [3.63, 3.8) is 0 Å². The van der Waals surface area contributed by atoms with Gasteiger partial charge in [0.1, 0.15) is 23.1 Å². The van der Waals surface area contributed by atoms with E-state index in [2.05, 4.69) is 0 Å². The van der Waals surface area contributed by atoms with Crippen LogP contribution in [0.5, 0.6) is 11.5 Å². The van der Waals surface area contributed by atoms with Crippen molar-refractivity contribution in [2.45, 2.75) is 6.92 Å². The van der Waals surface area contributed by atoms with Gasteiger partial charge in [-0.25, -0.2) is 8.78 Å². The van der Waals surface area contributed by atoms with Crippen LogP contribution in [0.25, 0.3) is 0 Å². The second kappa shape index (κ2) is 5.38. The molecule has 0 aliphatic rings. The van der Waals surface area contributed by atoms with E-state index in [0.29, 0.717) is 11.3 Å². The van der Waals surface area contributed by atoms with Gasteiger partial charge in [-0.3, -0.25) is 0 Å². The van der Waals surface area contributed by atoms with Gasteiger partial charge in [0.05, 0.1) is 0 Å². The largest absolute Gasteiger partial charge is 0.491 e. The van der Waals surface area contributed by atoms with E-state index in [1.54, 1.807) is 6.92 Å². The Kier molecular flexibility index (Phi) is 3.83. The van der Waals surface area contributed by atoms with E-state index in [1.165, 1.54) is 30.3 Å². The molecule has 2 N–H and O–H groups in total. The molecule has 2 aromatic rings. The molecule has 0 amide bonds. The molecule has 19 heavy (non-hydrogen) atoms. The van der Waals surface area contributed by atoms with E-state index in [1.807, 2.05) is 0 Å². The Morgan fingerprint density at radius 2 is 1.58 bits per heavy atom. The molecule has 0 radical (unpaired) electrons. The van der Waals surface area contributed by atoms with Crippen LogP contribution in [0, 0.1) is 18.6 Å². The van der Waals surface area contributed by atoms with E-state index in [4.69, 9.17) is 14.8 Å². The van der Waals surface area contributed by atoms with Gasteiger partial charge in [0.25, 0.3) is 0 Å². The smallest absolute Gasteiger partial charge is 0.457 e. The number of ether oxygens (including phenoxy) is 1. The highest BCUT2D eigenvalue weighted by Crippen LogP contribution is 2.23. The first kappa shape index (κ1) is 13.5. The quantitative estimate of drug-likeness (QED) is 0.830. The molecule has 0 atom stereocenters. The molecule has 0 saturated heterocycles. The summed E-state index contributed by atoms with van der Waals surface area (Å²) in [6, 6.07) is 7.82. The standard InChI is InChI=1S/C13H11BF2O3/c1-8-6-9(3-5-12(8)15)19-10-2-4-11(14(17)18)13(16)7-10/h2-7,17-18H,1H3. The average molecular weight is 264 g/mol. The van der Waals surface area contributed by atoms with Gasteiger partial charge in [-0.05, 0) is 36.8 Å². The van der Waals surface area contributed by atoms with E-state index in [9.17, 15) is 8.78 Å². The van der Waals surface area contributed by atoms with Crippen LogP contribution >= 0.6 is 0 Å². The molecule has 2 aromatic carbocycles. The molecule has 0 heterocycles. The van der Waals surface area contributed by atoms with Crippen molar-refractivity contribution in [2.24, 2.45) is 0 Å². The molecule has 0 unspecified atom stereocenters. The van der Waals surface area contributed by atoms with Crippen LogP contribution in [0.2, 0.25) is 0 Å². The normalized spacial score (nSPS) is 10.4. The lowest BCUT2D eigenvalue weighted by Crippen LogP contribution is -2.32. The minimum absolute atomic E-state index is 0.188. The maximum Gasteiger partial charge on any atom is 0.491 e. The van der Waals surface area contributed by atoms with Crippen molar-refractivity contribution in [2.75, 3.05) is 0 Å². The third-order valence-corrected chi connectivity index (χ3v) is 2.62. The zero-order valence-electron chi connectivity index (χ0n) is 10.1. The third-order valence-electron chi connectivity index (χ3n) is 2.62. The van der Waals surface area contributed by atoms with Crippen LogP contribution in [0.3, 0.4) is 0 Å². The summed E-state index contributed by atoms with van der Waals surface area (Å²) in [5, 5.41) is 17.8. The Morgan fingerprint density at radius 3 is 2.16 bits per heavy atom. The highest BCUT2D eigenvalue weighted by atomic mass is 19.1. The molecular formula is C13H11BF2O3. The SMILES string of the molecule is Cc1cc(Oc2ccc(B(O)O)c(F)c2)ccc1F. The number of aryl methyl sites for hydroxylation is 1. The van der Waals surface area contributed by atoms with Crippen molar-refractivity contribution in [3.8, 4) is 11.5 Å². The maximum absolute atomic E-state index is 13.5. The van der Waals surface area contributed by atoms with Crippen LogP contribution in [0.4, 0.5) is 8.78 Å². The van der Waals surface area contributed by atoms with Crippen LogP contribution in [0.1, 0.15) is 5.56 Å². The van der Waals surface area contributed by atoms with Gasteiger partial charge in [-0.2, -0.15) is 0 Å². The van der Waals surface area contributed by atoms with Crippen LogP contribution in [-0.4, -0.2) is 17.2 Å². The molecule has 0 aliphatic carbocycles. The number of halogens is 2. The monoisotopic (exact) mass is 264 g/mol. The highest BCUT2D eigenvalue weighted by Gasteiger charge is 2.16. The summed E-state index contributed by atoms with van der Waals surface area (Å²) in [7, 11) is -1.87. The van der Waals surface area contributed by atoms with Crippen LogP contribution in [-0.2, 0) is 0 Å². The third kappa shape index (κ3) is 3.10. The first-order chi connectivity index (χ1) is 8.97. The lowest BCUT2D eigenvalue weighted by Gasteiger charge is -2.08. The number of rotatable bonds is 3. The summed E-state index contributed by atoms with van der Waals surface area (Å²) in [5.74, 6) is -0.577. The molecule has 6 heteroatoms. The van der Waals surface area contributed by atoms with Crippen molar-refractivity contribution in [1.82, 2.24) is 0 Å². The molecule has 0 spiro atoms. The summed E-state index contributed by atoms with van der Waals surface area (Å²) in [4.78, 5) is 0. The van der Waals surface area contributed by atoms with E-state index < -0.39 is 12.9 Å². The fourth-order valence-corrected chi connectivity index (χ4v) is 1.60. The fourth-order valence-electron chi connectivity index (χ4n) is 1.60. The van der Waals surface area contributed by atoms with Crippen molar-refractivity contribution in [1.29, 1.82) is 0 Å². The topological polar surface area (TPSA) is 49.7 Å². The van der Waals surface area contributed by atoms with Crippen LogP contribution < -0.4 is 10.2 Å². The number of hydrogen-bond acceptors (Lipinski definition) is 3. The van der Waals surface area contributed by atoms with E-state index >= 15 is 0 Å². The molecule has 0 bridgehead atoms. The predicted octanol–water partition coefficient (Wildman–Crippen LogP) is 1.75. The van der Waals surface area contributed by atoms with Gasteiger partial charge < -0.3 is 14.8 Å². The van der Waals surface area contributed by atoms with E-state index in [0.717, 1.165) is 6.07 Å². The fraction of sp³-hybridized carbons (Fsp3) is 0.0769. The summed E-state index contributed by atoms with van der Waals surface area (Å²) in [6.45, 7) is 1.59. The Balaban J connectivity index is 2.24. The molecule has 3 nitrogen and oxygen atoms in total. The van der Waals surface area contributed by atoms with Gasteiger partial charge in [0, 0.05) is 11.5 Å². The minimum Gasteiger partial charge on any atom is -0.457 e. The van der Waals surface area contributed by atoms with Gasteiger partial charge in [-0.15, -0.1) is 0 Å². The molecule has 98 valence electrons. The summed E-state index contributed by atoms with van der Waals surface area (Å²) < 4.78 is 31.9. The number of benzene rings is 2. The second-order valence-corrected chi connectivity index (χ2v) is 4.07. The Bertz CT molecular complexity index is 602. The number of hydrogen-bond donors (Lipinski definition) is 2. The Labute approximate surface area is 109 Å². The maximum atomic E-state index is 13.5. The van der Waals surface area contributed by atoms with Gasteiger partial charge in [0.15, 0.2) is 0 Å². The summed E-state index contributed by atoms with van der Waals surface area (Å²) in [5.41, 5.74) is 0.183. The lowest BCUT2D eigenvalue weighted by atomic mass is 9.80. The first-order valence-electron chi connectivity index (χ1n) is 5.57. The average Bonchev–Trinajstić information content (AvgIpc) is 2.33. The second-order valence-electron chi connectivity index (χ2n) is 4.07. The summed E-state index contributed by atoms with van der Waals surface area (Å²) in [6.07, 6.45) is 0. The first-order valence-corrected chi connectivity index (χ1v) is 5.57. The molecule has 0 fully saturated rings. The zero-order valence-corrected chi connectivity index (χ0v) is 10.1. The van der Waals surface area contributed by atoms with Crippen molar-refractivity contribution >= 4 is 12.6 Å².